The summed E-state index contributed by atoms with van der Waals surface area (Å²) in [6.45, 7) is 1.83. The minimum Gasteiger partial charge on any atom is -0.479 e. The van der Waals surface area contributed by atoms with Crippen LogP contribution in [0, 0.1) is 0 Å². The molecule has 2 N–H and O–H groups in total. The average Bonchev–Trinajstić information content (AvgIpc) is 1.67. The molecule has 0 radical (unpaired) electrons. The van der Waals surface area contributed by atoms with Crippen LogP contribution in [0.15, 0.2) is 0 Å². The number of aliphatic hydroxyl groups excluding tert-OH is 1. The molecule has 0 rings (SSSR count). The lowest BCUT2D eigenvalue weighted by molar-refractivity contribution is -0.146. The summed E-state index contributed by atoms with van der Waals surface area (Å²) in [4.78, 5) is 9.84. The highest BCUT2D eigenvalue weighted by molar-refractivity contribution is 5.85. The van der Waals surface area contributed by atoms with Crippen molar-refractivity contribution in [2.75, 3.05) is 0 Å². The number of hydrogen-bond donors (Lipinski definition) is 2. The first kappa shape index (κ1) is 11.5. The Hall–Kier alpha value is -0.280. The molecule has 0 aliphatic carbocycles. The van der Waals surface area contributed by atoms with Crippen molar-refractivity contribution in [2.45, 2.75) is 25.9 Å². The Bertz CT molecular complexity index is 84.3. The van der Waals surface area contributed by atoms with E-state index in [4.69, 9.17) is 10.2 Å². The van der Waals surface area contributed by atoms with E-state index in [9.17, 15) is 4.79 Å². The number of aliphatic carboxylic acids is 1. The summed E-state index contributed by atoms with van der Waals surface area (Å²) in [5.41, 5.74) is 0. The van der Waals surface area contributed by atoms with E-state index in [1.807, 2.05) is 6.92 Å². The minimum absolute atomic E-state index is 0. The molecule has 1 atom stereocenters. The highest BCUT2D eigenvalue weighted by atomic mass is 35.5. The van der Waals surface area contributed by atoms with Crippen molar-refractivity contribution in [1.82, 2.24) is 0 Å². The Morgan fingerprint density at radius 1 is 1.67 bits per heavy atom. The fourth-order valence-corrected chi connectivity index (χ4v) is 0.397. The lowest BCUT2D eigenvalue weighted by Gasteiger charge is -1.99. The van der Waals surface area contributed by atoms with Crippen molar-refractivity contribution in [1.29, 1.82) is 0 Å². The molecule has 56 valence electrons. The Morgan fingerprint density at radius 2 is 2.11 bits per heavy atom. The van der Waals surface area contributed by atoms with Gasteiger partial charge in [-0.05, 0) is 6.42 Å². The number of carbonyl (C=O) groups is 1. The molecule has 3 nitrogen and oxygen atoms in total. The van der Waals surface area contributed by atoms with E-state index in [0.717, 1.165) is 0 Å². The van der Waals surface area contributed by atoms with Crippen molar-refractivity contribution >= 4 is 18.4 Å². The van der Waals surface area contributed by atoms with E-state index in [0.29, 0.717) is 12.8 Å². The highest BCUT2D eigenvalue weighted by Gasteiger charge is 2.09. The van der Waals surface area contributed by atoms with Gasteiger partial charge in [-0.15, -0.1) is 12.4 Å². The SMILES string of the molecule is CCCC(O)C(=O)O.Cl. The van der Waals surface area contributed by atoms with Crippen LogP contribution >= 0.6 is 12.4 Å². The van der Waals surface area contributed by atoms with Crippen LogP contribution in [0.1, 0.15) is 19.8 Å². The van der Waals surface area contributed by atoms with Crippen LogP contribution in [0.5, 0.6) is 0 Å². The summed E-state index contributed by atoms with van der Waals surface area (Å²) in [7, 11) is 0. The molecule has 0 aliphatic rings. The fraction of sp³-hybridized carbons (Fsp3) is 0.800. The summed E-state index contributed by atoms with van der Waals surface area (Å²) in [5.74, 6) is -1.13. The molecule has 0 bridgehead atoms. The zero-order chi connectivity index (χ0) is 6.57. The molecule has 0 heterocycles. The van der Waals surface area contributed by atoms with Crippen molar-refractivity contribution < 1.29 is 15.0 Å². The third kappa shape index (κ3) is 5.59. The molecule has 0 aromatic carbocycles. The normalized spacial score (nSPS) is 11.8. The predicted octanol–water partition coefficient (Wildman–Crippen LogP) is 0.654. The molecular weight excluding hydrogens is 144 g/mol. The van der Waals surface area contributed by atoms with Crippen molar-refractivity contribution in [3.05, 3.63) is 0 Å². The predicted molar refractivity (Wildman–Crippen MR) is 35.8 cm³/mol. The van der Waals surface area contributed by atoms with Crippen LogP contribution in [0.2, 0.25) is 0 Å². The molecule has 0 saturated heterocycles. The second-order valence-corrected chi connectivity index (χ2v) is 1.64. The molecule has 0 fully saturated rings. The molecule has 9 heavy (non-hydrogen) atoms. The Balaban J connectivity index is 0. The summed E-state index contributed by atoms with van der Waals surface area (Å²) >= 11 is 0. The number of halogens is 1. The van der Waals surface area contributed by atoms with Crippen molar-refractivity contribution in [2.24, 2.45) is 0 Å². The van der Waals surface area contributed by atoms with Crippen LogP contribution in [-0.2, 0) is 4.79 Å². The molecule has 0 spiro atoms. The standard InChI is InChI=1S/C5H10O3.ClH/c1-2-3-4(6)5(7)8;/h4,6H,2-3H2,1H3,(H,7,8);1H. The Labute approximate surface area is 60.1 Å². The van der Waals surface area contributed by atoms with Gasteiger partial charge in [-0.2, -0.15) is 0 Å². The van der Waals surface area contributed by atoms with Gasteiger partial charge in [0.1, 0.15) is 0 Å². The maximum Gasteiger partial charge on any atom is 0.332 e. The van der Waals surface area contributed by atoms with Gasteiger partial charge in [0.25, 0.3) is 0 Å². The Morgan fingerprint density at radius 3 is 2.22 bits per heavy atom. The van der Waals surface area contributed by atoms with Gasteiger partial charge in [0.05, 0.1) is 0 Å². The molecule has 0 amide bonds. The second kappa shape index (κ2) is 5.85. The van der Waals surface area contributed by atoms with Gasteiger partial charge in [0.15, 0.2) is 6.10 Å². The van der Waals surface area contributed by atoms with Crippen LogP contribution in [0.25, 0.3) is 0 Å². The molecule has 0 aromatic heterocycles. The van der Waals surface area contributed by atoms with E-state index in [1.54, 1.807) is 0 Å². The van der Waals surface area contributed by atoms with E-state index < -0.39 is 12.1 Å². The molecular formula is C5H11ClO3. The summed E-state index contributed by atoms with van der Waals surface area (Å²) in [6.07, 6.45) is -0.122. The lowest BCUT2D eigenvalue weighted by Crippen LogP contribution is -2.18. The third-order valence-electron chi connectivity index (χ3n) is 0.847. The van der Waals surface area contributed by atoms with Gasteiger partial charge in [0.2, 0.25) is 0 Å². The average molecular weight is 155 g/mol. The van der Waals surface area contributed by atoms with Gasteiger partial charge in [0, 0.05) is 0 Å². The van der Waals surface area contributed by atoms with Crippen LogP contribution < -0.4 is 0 Å². The highest BCUT2D eigenvalue weighted by Crippen LogP contribution is 1.93. The summed E-state index contributed by atoms with van der Waals surface area (Å²) < 4.78 is 0. The van der Waals surface area contributed by atoms with Crippen LogP contribution in [0.3, 0.4) is 0 Å². The Kier molecular flexibility index (Phi) is 7.48. The van der Waals surface area contributed by atoms with Crippen molar-refractivity contribution in [3.63, 3.8) is 0 Å². The van der Waals surface area contributed by atoms with Gasteiger partial charge >= 0.3 is 5.97 Å². The molecule has 0 aliphatic heterocycles. The van der Waals surface area contributed by atoms with E-state index in [2.05, 4.69) is 0 Å². The topological polar surface area (TPSA) is 57.5 Å². The molecule has 4 heteroatoms. The number of hydrogen-bond acceptors (Lipinski definition) is 2. The number of carboxylic acids is 1. The van der Waals surface area contributed by atoms with E-state index in [-0.39, 0.29) is 12.4 Å². The maximum atomic E-state index is 9.84. The van der Waals surface area contributed by atoms with Gasteiger partial charge in [-0.25, -0.2) is 4.79 Å². The monoisotopic (exact) mass is 154 g/mol. The summed E-state index contributed by atoms with van der Waals surface area (Å²) in [6, 6.07) is 0. The number of rotatable bonds is 3. The van der Waals surface area contributed by atoms with Gasteiger partial charge < -0.3 is 10.2 Å². The minimum atomic E-state index is -1.17. The zero-order valence-corrected chi connectivity index (χ0v) is 6.02. The molecule has 1 unspecified atom stereocenters. The van der Waals surface area contributed by atoms with Crippen molar-refractivity contribution in [3.8, 4) is 0 Å². The largest absolute Gasteiger partial charge is 0.479 e. The summed E-state index contributed by atoms with van der Waals surface area (Å²) in [5, 5.41) is 16.6. The first-order chi connectivity index (χ1) is 3.68. The van der Waals surface area contributed by atoms with E-state index >= 15 is 0 Å². The quantitative estimate of drug-likeness (QED) is 0.628. The lowest BCUT2D eigenvalue weighted by atomic mass is 10.2. The maximum absolute atomic E-state index is 9.84. The first-order valence-electron chi connectivity index (χ1n) is 2.59. The third-order valence-corrected chi connectivity index (χ3v) is 0.847. The van der Waals surface area contributed by atoms with Gasteiger partial charge in [-0.1, -0.05) is 13.3 Å². The van der Waals surface area contributed by atoms with Gasteiger partial charge in [-0.3, -0.25) is 0 Å². The van der Waals surface area contributed by atoms with E-state index in [1.165, 1.54) is 0 Å². The number of aliphatic hydroxyl groups is 1. The second-order valence-electron chi connectivity index (χ2n) is 1.64. The zero-order valence-electron chi connectivity index (χ0n) is 5.20. The molecule has 0 saturated carbocycles. The van der Waals surface area contributed by atoms with Crippen LogP contribution in [0.4, 0.5) is 0 Å². The smallest absolute Gasteiger partial charge is 0.332 e. The van der Waals surface area contributed by atoms with Crippen LogP contribution in [-0.4, -0.2) is 22.3 Å². The molecule has 0 aromatic rings. The first-order valence-corrected chi connectivity index (χ1v) is 2.59. The number of carboxylic acid groups (broad SMARTS) is 1. The fourth-order valence-electron chi connectivity index (χ4n) is 0.397.